The molecule has 2 aromatic rings. The highest BCUT2D eigenvalue weighted by Crippen LogP contribution is 2.19. The highest BCUT2D eigenvalue weighted by molar-refractivity contribution is 6.04. The summed E-state index contributed by atoms with van der Waals surface area (Å²) in [6.45, 7) is 2.08. The number of aliphatic hydroxyl groups is 1. The molecule has 24 heavy (non-hydrogen) atoms. The standard InChI is InChI=1S/C18H16FNO4/c1-12-2-4-13(5-3-12)11-20(15-8-6-14(19)7-9-15)17(22)10-16(21)18(23)24/h2-10,21H,11H2,1H3,(H,23,24)/b16-10-. The van der Waals surface area contributed by atoms with Gasteiger partial charge in [-0.3, -0.25) is 4.79 Å². The van der Waals surface area contributed by atoms with Crippen LogP contribution < -0.4 is 4.90 Å². The van der Waals surface area contributed by atoms with Crippen LogP contribution in [-0.4, -0.2) is 22.1 Å². The average molecular weight is 329 g/mol. The van der Waals surface area contributed by atoms with Gasteiger partial charge in [-0.05, 0) is 36.8 Å². The summed E-state index contributed by atoms with van der Waals surface area (Å²) >= 11 is 0. The number of hydrogen-bond acceptors (Lipinski definition) is 3. The highest BCUT2D eigenvalue weighted by atomic mass is 19.1. The minimum absolute atomic E-state index is 0.147. The normalized spacial score (nSPS) is 11.2. The number of carbonyl (C=O) groups is 2. The van der Waals surface area contributed by atoms with Gasteiger partial charge < -0.3 is 15.1 Å². The number of nitrogens with zero attached hydrogens (tertiary/aromatic N) is 1. The zero-order valence-corrected chi connectivity index (χ0v) is 12.9. The topological polar surface area (TPSA) is 77.8 Å². The number of carboxylic acids is 1. The third-order valence-electron chi connectivity index (χ3n) is 3.34. The molecule has 124 valence electrons. The molecule has 0 radical (unpaired) electrons. The van der Waals surface area contributed by atoms with E-state index in [-0.39, 0.29) is 6.54 Å². The van der Waals surface area contributed by atoms with E-state index in [0.29, 0.717) is 11.8 Å². The quantitative estimate of drug-likeness (QED) is 0.652. The zero-order valence-electron chi connectivity index (χ0n) is 12.9. The fraction of sp³-hybridized carbons (Fsp3) is 0.111. The lowest BCUT2D eigenvalue weighted by Gasteiger charge is -2.22. The molecule has 2 rings (SSSR count). The largest absolute Gasteiger partial charge is 0.502 e. The molecule has 0 atom stereocenters. The van der Waals surface area contributed by atoms with E-state index >= 15 is 0 Å². The summed E-state index contributed by atoms with van der Waals surface area (Å²) < 4.78 is 13.1. The summed E-state index contributed by atoms with van der Waals surface area (Å²) in [5, 5.41) is 18.0. The Morgan fingerprint density at radius 1 is 1.04 bits per heavy atom. The lowest BCUT2D eigenvalue weighted by molar-refractivity contribution is -0.135. The summed E-state index contributed by atoms with van der Waals surface area (Å²) in [4.78, 5) is 24.3. The van der Waals surface area contributed by atoms with Crippen LogP contribution in [0.4, 0.5) is 10.1 Å². The Morgan fingerprint density at radius 2 is 1.62 bits per heavy atom. The number of aryl methyl sites for hydroxylation is 1. The van der Waals surface area contributed by atoms with E-state index in [0.717, 1.165) is 11.1 Å². The van der Waals surface area contributed by atoms with E-state index in [9.17, 15) is 19.1 Å². The molecule has 0 fully saturated rings. The average Bonchev–Trinajstić information content (AvgIpc) is 2.55. The molecule has 5 nitrogen and oxygen atoms in total. The molecule has 0 saturated heterocycles. The molecule has 0 saturated carbocycles. The van der Waals surface area contributed by atoms with E-state index in [2.05, 4.69) is 0 Å². The summed E-state index contributed by atoms with van der Waals surface area (Å²) in [7, 11) is 0. The van der Waals surface area contributed by atoms with Crippen LogP contribution in [-0.2, 0) is 16.1 Å². The number of aliphatic hydroxyl groups excluding tert-OH is 1. The van der Waals surface area contributed by atoms with E-state index in [1.807, 2.05) is 31.2 Å². The SMILES string of the molecule is Cc1ccc(CN(C(=O)/C=C(\O)C(=O)O)c2ccc(F)cc2)cc1. The number of anilines is 1. The Balaban J connectivity index is 2.35. The first kappa shape index (κ1) is 17.2. The van der Waals surface area contributed by atoms with Gasteiger partial charge in [0.2, 0.25) is 5.76 Å². The smallest absolute Gasteiger partial charge is 0.371 e. The number of hydrogen-bond donors (Lipinski definition) is 2. The fourth-order valence-corrected chi connectivity index (χ4v) is 2.05. The second-order valence-corrected chi connectivity index (χ2v) is 5.22. The third-order valence-corrected chi connectivity index (χ3v) is 3.34. The first-order valence-electron chi connectivity index (χ1n) is 7.13. The van der Waals surface area contributed by atoms with Crippen LogP contribution in [0.25, 0.3) is 0 Å². The minimum Gasteiger partial charge on any atom is -0.502 e. The summed E-state index contributed by atoms with van der Waals surface area (Å²) in [6.07, 6.45) is 0.625. The van der Waals surface area contributed by atoms with E-state index < -0.39 is 23.5 Å². The molecule has 1 amide bonds. The predicted molar refractivity (Wildman–Crippen MR) is 87.1 cm³/mol. The van der Waals surface area contributed by atoms with Crippen molar-refractivity contribution in [1.82, 2.24) is 0 Å². The van der Waals surface area contributed by atoms with Gasteiger partial charge in [-0.2, -0.15) is 0 Å². The second kappa shape index (κ2) is 7.41. The summed E-state index contributed by atoms with van der Waals surface area (Å²) in [5.74, 6) is -3.83. The molecule has 0 unspecified atom stereocenters. The van der Waals surface area contributed by atoms with Crippen molar-refractivity contribution in [1.29, 1.82) is 0 Å². The second-order valence-electron chi connectivity index (χ2n) is 5.22. The van der Waals surface area contributed by atoms with Crippen molar-refractivity contribution >= 4 is 17.6 Å². The van der Waals surface area contributed by atoms with Crippen LogP contribution in [0.5, 0.6) is 0 Å². The van der Waals surface area contributed by atoms with Gasteiger partial charge in [-0.15, -0.1) is 0 Å². The molecule has 2 aromatic carbocycles. The molecule has 2 N–H and O–H groups in total. The third kappa shape index (κ3) is 4.42. The number of rotatable bonds is 5. The van der Waals surface area contributed by atoms with Crippen molar-refractivity contribution in [3.8, 4) is 0 Å². The molecular weight excluding hydrogens is 313 g/mol. The zero-order chi connectivity index (χ0) is 17.7. The number of halogens is 1. The molecule has 6 heteroatoms. The Bertz CT molecular complexity index is 767. The van der Waals surface area contributed by atoms with Crippen LogP contribution in [0.1, 0.15) is 11.1 Å². The number of carboxylic acid groups (broad SMARTS) is 1. The van der Waals surface area contributed by atoms with Crippen molar-refractivity contribution in [3.63, 3.8) is 0 Å². The maximum absolute atomic E-state index is 13.1. The van der Waals surface area contributed by atoms with Crippen molar-refractivity contribution in [2.45, 2.75) is 13.5 Å². The Morgan fingerprint density at radius 3 is 2.17 bits per heavy atom. The number of benzene rings is 2. The van der Waals surface area contributed by atoms with Crippen LogP contribution in [0.3, 0.4) is 0 Å². The van der Waals surface area contributed by atoms with E-state index in [1.165, 1.54) is 29.2 Å². The first-order valence-corrected chi connectivity index (χ1v) is 7.13. The number of carbonyl (C=O) groups excluding carboxylic acids is 1. The molecule has 0 aliphatic rings. The molecular formula is C18H16FNO4. The van der Waals surface area contributed by atoms with Crippen LogP contribution in [0.15, 0.2) is 60.4 Å². The summed E-state index contributed by atoms with van der Waals surface area (Å²) in [5.41, 5.74) is 2.25. The molecule has 0 heterocycles. The lowest BCUT2D eigenvalue weighted by atomic mass is 10.1. The fourth-order valence-electron chi connectivity index (χ4n) is 2.05. The van der Waals surface area contributed by atoms with Gasteiger partial charge in [-0.1, -0.05) is 29.8 Å². The number of aliphatic carboxylic acids is 1. The van der Waals surface area contributed by atoms with E-state index in [4.69, 9.17) is 5.11 Å². The van der Waals surface area contributed by atoms with Gasteiger partial charge >= 0.3 is 5.97 Å². The Hall–Kier alpha value is -3.15. The van der Waals surface area contributed by atoms with Crippen molar-refractivity contribution in [3.05, 3.63) is 77.3 Å². The van der Waals surface area contributed by atoms with Crippen molar-refractivity contribution in [2.24, 2.45) is 0 Å². The van der Waals surface area contributed by atoms with Gasteiger partial charge in [0, 0.05) is 5.69 Å². The lowest BCUT2D eigenvalue weighted by Crippen LogP contribution is -2.29. The van der Waals surface area contributed by atoms with Gasteiger partial charge in [0.1, 0.15) is 5.82 Å². The molecule has 0 aromatic heterocycles. The van der Waals surface area contributed by atoms with Crippen LogP contribution in [0, 0.1) is 12.7 Å². The molecule has 0 spiro atoms. The monoisotopic (exact) mass is 329 g/mol. The maximum Gasteiger partial charge on any atom is 0.371 e. The highest BCUT2D eigenvalue weighted by Gasteiger charge is 2.17. The summed E-state index contributed by atoms with van der Waals surface area (Å²) in [6, 6.07) is 12.7. The van der Waals surface area contributed by atoms with Crippen molar-refractivity contribution < 1.29 is 24.2 Å². The van der Waals surface area contributed by atoms with Gasteiger partial charge in [0.05, 0.1) is 12.6 Å². The van der Waals surface area contributed by atoms with E-state index in [1.54, 1.807) is 0 Å². The van der Waals surface area contributed by atoms with Gasteiger partial charge in [-0.25, -0.2) is 9.18 Å². The predicted octanol–water partition coefficient (Wildman–Crippen LogP) is 3.19. The van der Waals surface area contributed by atoms with Gasteiger partial charge in [0.25, 0.3) is 5.91 Å². The maximum atomic E-state index is 13.1. The van der Waals surface area contributed by atoms with Gasteiger partial charge in [0.15, 0.2) is 0 Å². The molecule has 0 aliphatic heterocycles. The first-order chi connectivity index (χ1) is 11.4. The van der Waals surface area contributed by atoms with Crippen LogP contribution >= 0.6 is 0 Å². The van der Waals surface area contributed by atoms with Crippen LogP contribution in [0.2, 0.25) is 0 Å². The molecule has 0 aliphatic carbocycles. The Kier molecular flexibility index (Phi) is 5.31. The number of amides is 1. The Labute approximate surface area is 138 Å². The minimum atomic E-state index is -1.60. The van der Waals surface area contributed by atoms with Crippen molar-refractivity contribution in [2.75, 3.05) is 4.90 Å². The molecule has 0 bridgehead atoms.